The minimum absolute atomic E-state index is 0.0602. The Hall–Kier alpha value is -2.11. The van der Waals surface area contributed by atoms with Gasteiger partial charge in [0.05, 0.1) is 11.3 Å². The smallest absolute Gasteiger partial charge is 0.326 e. The first kappa shape index (κ1) is 14.9. The summed E-state index contributed by atoms with van der Waals surface area (Å²) in [6, 6.07) is 2.81. The number of aliphatic carboxylic acids is 1. The van der Waals surface area contributed by atoms with Crippen LogP contribution in [-0.2, 0) is 4.79 Å². The molecule has 0 saturated heterocycles. The van der Waals surface area contributed by atoms with Crippen molar-refractivity contribution in [2.45, 2.75) is 26.3 Å². The summed E-state index contributed by atoms with van der Waals surface area (Å²) in [6.07, 6.45) is 0.288. The number of carboxylic acid groups (broad SMARTS) is 1. The number of halogens is 1. The molecule has 0 heterocycles. The number of carbonyl (C=O) groups excluding carboxylic acids is 1. The molecule has 1 aromatic carbocycles. The first-order valence-electron chi connectivity index (χ1n) is 5.90. The van der Waals surface area contributed by atoms with Crippen LogP contribution in [0.2, 0.25) is 0 Å². The normalized spacial score (nSPS) is 12.2. The van der Waals surface area contributed by atoms with Gasteiger partial charge in [-0.3, -0.25) is 4.79 Å². The molecule has 19 heavy (non-hydrogen) atoms. The SMILES string of the molecule is CC(C)C[C@H](NC(=O)c1cccc(F)c1N)C(=O)O. The molecule has 104 valence electrons. The van der Waals surface area contributed by atoms with E-state index in [1.165, 1.54) is 12.1 Å². The van der Waals surface area contributed by atoms with Gasteiger partial charge < -0.3 is 16.2 Å². The average molecular weight is 268 g/mol. The van der Waals surface area contributed by atoms with Crippen molar-refractivity contribution in [2.75, 3.05) is 5.73 Å². The highest BCUT2D eigenvalue weighted by Gasteiger charge is 2.23. The van der Waals surface area contributed by atoms with E-state index in [4.69, 9.17) is 10.8 Å². The molecule has 6 heteroatoms. The van der Waals surface area contributed by atoms with Crippen LogP contribution >= 0.6 is 0 Å². The molecule has 1 rings (SSSR count). The van der Waals surface area contributed by atoms with E-state index in [0.29, 0.717) is 0 Å². The molecule has 0 unspecified atom stereocenters. The van der Waals surface area contributed by atoms with Crippen molar-refractivity contribution >= 4 is 17.6 Å². The van der Waals surface area contributed by atoms with E-state index < -0.39 is 23.7 Å². The third kappa shape index (κ3) is 3.94. The molecule has 1 atom stereocenters. The van der Waals surface area contributed by atoms with Crippen molar-refractivity contribution in [3.05, 3.63) is 29.6 Å². The van der Waals surface area contributed by atoms with Crippen molar-refractivity contribution in [1.82, 2.24) is 5.32 Å². The van der Waals surface area contributed by atoms with Gasteiger partial charge >= 0.3 is 5.97 Å². The zero-order chi connectivity index (χ0) is 14.6. The fourth-order valence-corrected chi connectivity index (χ4v) is 1.66. The zero-order valence-electron chi connectivity index (χ0n) is 10.8. The third-order valence-electron chi connectivity index (χ3n) is 2.61. The molecule has 0 aromatic heterocycles. The predicted octanol–water partition coefficient (Wildman–Crippen LogP) is 1.64. The number of anilines is 1. The minimum Gasteiger partial charge on any atom is -0.480 e. The van der Waals surface area contributed by atoms with Crippen LogP contribution in [0.4, 0.5) is 10.1 Å². The van der Waals surface area contributed by atoms with Gasteiger partial charge in [0, 0.05) is 0 Å². The number of hydrogen-bond acceptors (Lipinski definition) is 3. The quantitative estimate of drug-likeness (QED) is 0.708. The Labute approximate surface area is 110 Å². The molecule has 0 aliphatic carbocycles. The van der Waals surface area contributed by atoms with Gasteiger partial charge in [-0.15, -0.1) is 0 Å². The first-order chi connectivity index (χ1) is 8.82. The topological polar surface area (TPSA) is 92.4 Å². The first-order valence-corrected chi connectivity index (χ1v) is 5.90. The lowest BCUT2D eigenvalue weighted by atomic mass is 10.0. The van der Waals surface area contributed by atoms with E-state index in [1.54, 1.807) is 0 Å². The van der Waals surface area contributed by atoms with Crippen LogP contribution in [0, 0.1) is 11.7 Å². The molecule has 0 aliphatic heterocycles. The van der Waals surface area contributed by atoms with Crippen LogP contribution < -0.4 is 11.1 Å². The molecule has 1 aromatic rings. The van der Waals surface area contributed by atoms with Crippen molar-refractivity contribution in [2.24, 2.45) is 5.92 Å². The maximum absolute atomic E-state index is 13.2. The monoisotopic (exact) mass is 268 g/mol. The summed E-state index contributed by atoms with van der Waals surface area (Å²) in [5.41, 5.74) is 5.11. The Morgan fingerprint density at radius 2 is 2.05 bits per heavy atom. The van der Waals surface area contributed by atoms with Crippen molar-refractivity contribution in [3.63, 3.8) is 0 Å². The Balaban J connectivity index is 2.88. The second kappa shape index (κ2) is 6.17. The summed E-state index contributed by atoms with van der Waals surface area (Å²) < 4.78 is 13.2. The number of para-hydroxylation sites is 1. The highest BCUT2D eigenvalue weighted by molar-refractivity contribution is 6.00. The average Bonchev–Trinajstić information content (AvgIpc) is 2.31. The molecular weight excluding hydrogens is 251 g/mol. The summed E-state index contributed by atoms with van der Waals surface area (Å²) in [7, 11) is 0. The van der Waals surface area contributed by atoms with Gasteiger partial charge in [-0.05, 0) is 24.5 Å². The Morgan fingerprint density at radius 3 is 2.58 bits per heavy atom. The summed E-state index contributed by atoms with van der Waals surface area (Å²) in [5, 5.41) is 11.4. The lowest BCUT2D eigenvalue weighted by Gasteiger charge is -2.17. The summed E-state index contributed by atoms with van der Waals surface area (Å²) in [5.74, 6) is -2.42. The molecule has 1 amide bonds. The van der Waals surface area contributed by atoms with Gasteiger partial charge in [-0.2, -0.15) is 0 Å². The van der Waals surface area contributed by atoms with Gasteiger partial charge in [0.25, 0.3) is 5.91 Å². The number of carbonyl (C=O) groups is 2. The van der Waals surface area contributed by atoms with Crippen LogP contribution in [-0.4, -0.2) is 23.0 Å². The number of hydrogen-bond donors (Lipinski definition) is 3. The van der Waals surface area contributed by atoms with Crippen molar-refractivity contribution in [1.29, 1.82) is 0 Å². The molecule has 0 aliphatic rings. The molecular formula is C13H17FN2O3. The number of nitrogens with one attached hydrogen (secondary N) is 1. The van der Waals surface area contributed by atoms with Crippen molar-refractivity contribution in [3.8, 4) is 0 Å². The van der Waals surface area contributed by atoms with E-state index >= 15 is 0 Å². The largest absolute Gasteiger partial charge is 0.480 e. The van der Waals surface area contributed by atoms with E-state index in [0.717, 1.165) is 6.07 Å². The zero-order valence-corrected chi connectivity index (χ0v) is 10.8. The van der Waals surface area contributed by atoms with E-state index in [-0.39, 0.29) is 23.6 Å². The summed E-state index contributed by atoms with van der Waals surface area (Å²) >= 11 is 0. The van der Waals surface area contributed by atoms with Crippen LogP contribution in [0.25, 0.3) is 0 Å². The lowest BCUT2D eigenvalue weighted by molar-refractivity contribution is -0.139. The molecule has 5 nitrogen and oxygen atoms in total. The Morgan fingerprint density at radius 1 is 1.42 bits per heavy atom. The van der Waals surface area contributed by atoms with Gasteiger partial charge in [-0.1, -0.05) is 19.9 Å². The Kier molecular flexibility index (Phi) is 4.86. The van der Waals surface area contributed by atoms with Gasteiger partial charge in [-0.25, -0.2) is 9.18 Å². The van der Waals surface area contributed by atoms with Crippen molar-refractivity contribution < 1.29 is 19.1 Å². The van der Waals surface area contributed by atoms with Crippen LogP contribution in [0.5, 0.6) is 0 Å². The fourth-order valence-electron chi connectivity index (χ4n) is 1.66. The third-order valence-corrected chi connectivity index (χ3v) is 2.61. The highest BCUT2D eigenvalue weighted by atomic mass is 19.1. The maximum atomic E-state index is 13.2. The van der Waals surface area contributed by atoms with E-state index in [2.05, 4.69) is 5.32 Å². The molecule has 0 fully saturated rings. The Bertz CT molecular complexity index is 489. The van der Waals surface area contributed by atoms with E-state index in [9.17, 15) is 14.0 Å². The number of benzene rings is 1. The van der Waals surface area contributed by atoms with Gasteiger partial charge in [0.15, 0.2) is 0 Å². The molecule has 0 radical (unpaired) electrons. The standard InChI is InChI=1S/C13H17FN2O3/c1-7(2)6-10(13(18)19)16-12(17)8-4-3-5-9(14)11(8)15/h3-5,7,10H,6,15H2,1-2H3,(H,16,17)(H,18,19)/t10-/m0/s1. The summed E-state index contributed by atoms with van der Waals surface area (Å²) in [4.78, 5) is 22.9. The number of rotatable bonds is 5. The lowest BCUT2D eigenvalue weighted by Crippen LogP contribution is -2.41. The molecule has 0 spiro atoms. The second-order valence-corrected chi connectivity index (χ2v) is 4.69. The summed E-state index contributed by atoms with van der Waals surface area (Å²) in [6.45, 7) is 3.69. The number of nitrogens with two attached hydrogens (primary N) is 1. The van der Waals surface area contributed by atoms with Crippen LogP contribution in [0.1, 0.15) is 30.6 Å². The second-order valence-electron chi connectivity index (χ2n) is 4.69. The van der Waals surface area contributed by atoms with E-state index in [1.807, 2.05) is 13.8 Å². The number of amides is 1. The minimum atomic E-state index is -1.13. The molecule has 0 bridgehead atoms. The van der Waals surface area contributed by atoms with Gasteiger partial charge in [0.2, 0.25) is 0 Å². The predicted molar refractivity (Wildman–Crippen MR) is 69.2 cm³/mol. The maximum Gasteiger partial charge on any atom is 0.326 e. The van der Waals surface area contributed by atoms with Crippen LogP contribution in [0.15, 0.2) is 18.2 Å². The van der Waals surface area contributed by atoms with Gasteiger partial charge in [0.1, 0.15) is 11.9 Å². The molecule has 4 N–H and O–H groups in total. The molecule has 0 saturated carbocycles. The van der Waals surface area contributed by atoms with Crippen LogP contribution in [0.3, 0.4) is 0 Å². The fraction of sp³-hybridized carbons (Fsp3) is 0.385. The number of carboxylic acids is 1. The number of nitrogen functional groups attached to an aromatic ring is 1. The highest BCUT2D eigenvalue weighted by Crippen LogP contribution is 2.16.